The summed E-state index contributed by atoms with van der Waals surface area (Å²) >= 11 is 0. The molecule has 0 bridgehead atoms. The van der Waals surface area contributed by atoms with Crippen molar-refractivity contribution in [3.8, 4) is 0 Å². The highest BCUT2D eigenvalue weighted by Gasteiger charge is 2.25. The average Bonchev–Trinajstić information content (AvgIpc) is 2.06. The first-order valence-electron chi connectivity index (χ1n) is 6.30. The van der Waals surface area contributed by atoms with Gasteiger partial charge >= 0.3 is 0 Å². The first kappa shape index (κ1) is 13.0. The molecule has 0 atom stereocenters. The second-order valence-corrected chi connectivity index (χ2v) is 6.60. The van der Waals surface area contributed by atoms with E-state index in [4.69, 9.17) is 5.73 Å². The Labute approximate surface area is 95.2 Å². The fourth-order valence-electron chi connectivity index (χ4n) is 2.14. The Kier molecular flexibility index (Phi) is 4.19. The van der Waals surface area contributed by atoms with E-state index in [0.29, 0.717) is 5.41 Å². The van der Waals surface area contributed by atoms with Gasteiger partial charge in [-0.05, 0) is 64.6 Å². The second kappa shape index (κ2) is 4.84. The Balaban J connectivity index is 2.14. The van der Waals surface area contributed by atoms with E-state index < -0.39 is 0 Å². The van der Waals surface area contributed by atoms with E-state index in [-0.39, 0.29) is 5.54 Å². The Morgan fingerprint density at radius 3 is 2.20 bits per heavy atom. The first-order chi connectivity index (χ1) is 6.79. The van der Waals surface area contributed by atoms with Crippen molar-refractivity contribution in [1.82, 2.24) is 4.90 Å². The maximum atomic E-state index is 5.98. The Bertz CT molecular complexity index is 181. The normalized spacial score (nSPS) is 23.0. The molecule has 0 amide bonds. The molecule has 0 aromatic heterocycles. The summed E-state index contributed by atoms with van der Waals surface area (Å²) in [5, 5.41) is 0. The molecule has 0 saturated carbocycles. The maximum absolute atomic E-state index is 5.98. The molecule has 0 unspecified atom stereocenters. The standard InChI is InChI=1S/C13H28N2/c1-12(2)7-10-15(11-8-12)9-5-6-13(3,4)14/h5-11,14H2,1-4H3. The van der Waals surface area contributed by atoms with Crippen LogP contribution in [0.25, 0.3) is 0 Å². The zero-order valence-corrected chi connectivity index (χ0v) is 11.0. The minimum absolute atomic E-state index is 0.00899. The van der Waals surface area contributed by atoms with Crippen molar-refractivity contribution in [2.24, 2.45) is 11.1 Å². The van der Waals surface area contributed by atoms with E-state index in [9.17, 15) is 0 Å². The van der Waals surface area contributed by atoms with Gasteiger partial charge in [0.25, 0.3) is 0 Å². The van der Waals surface area contributed by atoms with Gasteiger partial charge in [-0.2, -0.15) is 0 Å². The van der Waals surface area contributed by atoms with E-state index >= 15 is 0 Å². The number of nitrogens with two attached hydrogens (primary N) is 1. The molecule has 1 aliphatic heterocycles. The third kappa shape index (κ3) is 5.53. The molecule has 1 rings (SSSR count). The van der Waals surface area contributed by atoms with E-state index in [1.807, 2.05) is 0 Å². The summed E-state index contributed by atoms with van der Waals surface area (Å²) < 4.78 is 0. The quantitative estimate of drug-likeness (QED) is 0.776. The largest absolute Gasteiger partial charge is 0.326 e. The molecule has 0 aliphatic carbocycles. The molecule has 1 fully saturated rings. The molecule has 2 heteroatoms. The van der Waals surface area contributed by atoms with E-state index in [1.54, 1.807) is 0 Å². The van der Waals surface area contributed by atoms with Gasteiger partial charge in [-0.1, -0.05) is 13.8 Å². The summed E-state index contributed by atoms with van der Waals surface area (Å²) in [6.45, 7) is 12.8. The lowest BCUT2D eigenvalue weighted by atomic mass is 9.82. The lowest BCUT2D eigenvalue weighted by Crippen LogP contribution is -2.39. The van der Waals surface area contributed by atoms with Crippen molar-refractivity contribution < 1.29 is 0 Å². The van der Waals surface area contributed by atoms with E-state index in [0.717, 1.165) is 6.42 Å². The van der Waals surface area contributed by atoms with Gasteiger partial charge in [-0.25, -0.2) is 0 Å². The molecule has 1 aliphatic rings. The van der Waals surface area contributed by atoms with E-state index in [1.165, 1.54) is 38.9 Å². The molecular formula is C13H28N2. The van der Waals surface area contributed by atoms with Crippen molar-refractivity contribution in [3.63, 3.8) is 0 Å². The van der Waals surface area contributed by atoms with Gasteiger partial charge in [0.1, 0.15) is 0 Å². The van der Waals surface area contributed by atoms with Gasteiger partial charge in [-0.15, -0.1) is 0 Å². The van der Waals surface area contributed by atoms with Crippen LogP contribution in [-0.2, 0) is 0 Å². The number of hydrogen-bond donors (Lipinski definition) is 1. The molecule has 0 aromatic rings. The van der Waals surface area contributed by atoms with E-state index in [2.05, 4.69) is 32.6 Å². The fraction of sp³-hybridized carbons (Fsp3) is 1.00. The van der Waals surface area contributed by atoms with Crippen LogP contribution in [0.4, 0.5) is 0 Å². The van der Waals surface area contributed by atoms with Crippen LogP contribution in [-0.4, -0.2) is 30.1 Å². The highest BCUT2D eigenvalue weighted by atomic mass is 15.1. The van der Waals surface area contributed by atoms with Gasteiger partial charge < -0.3 is 10.6 Å². The second-order valence-electron chi connectivity index (χ2n) is 6.60. The lowest BCUT2D eigenvalue weighted by Gasteiger charge is -2.37. The van der Waals surface area contributed by atoms with Crippen LogP contribution in [0.2, 0.25) is 0 Å². The average molecular weight is 212 g/mol. The van der Waals surface area contributed by atoms with Gasteiger partial charge in [0.05, 0.1) is 0 Å². The van der Waals surface area contributed by atoms with Crippen molar-refractivity contribution >= 4 is 0 Å². The van der Waals surface area contributed by atoms with Crippen LogP contribution in [0, 0.1) is 5.41 Å². The van der Waals surface area contributed by atoms with Crippen molar-refractivity contribution in [3.05, 3.63) is 0 Å². The minimum atomic E-state index is 0.00899. The maximum Gasteiger partial charge on any atom is 0.00975 e. The van der Waals surface area contributed by atoms with Crippen molar-refractivity contribution in [1.29, 1.82) is 0 Å². The molecule has 1 heterocycles. The molecule has 2 N–H and O–H groups in total. The predicted molar refractivity (Wildman–Crippen MR) is 67.0 cm³/mol. The smallest absolute Gasteiger partial charge is 0.00975 e. The summed E-state index contributed by atoms with van der Waals surface area (Å²) in [6, 6.07) is 0. The third-order valence-electron chi connectivity index (χ3n) is 3.51. The SMILES string of the molecule is CC(C)(N)CCCN1CCC(C)(C)CC1. The Morgan fingerprint density at radius 2 is 1.73 bits per heavy atom. The first-order valence-corrected chi connectivity index (χ1v) is 6.30. The third-order valence-corrected chi connectivity index (χ3v) is 3.51. The molecule has 2 nitrogen and oxygen atoms in total. The molecule has 90 valence electrons. The van der Waals surface area contributed by atoms with Crippen molar-refractivity contribution in [2.75, 3.05) is 19.6 Å². The number of rotatable bonds is 4. The summed E-state index contributed by atoms with van der Waals surface area (Å²) in [5.41, 5.74) is 6.56. The van der Waals surface area contributed by atoms with Gasteiger partial charge in [-0.3, -0.25) is 0 Å². The summed E-state index contributed by atoms with van der Waals surface area (Å²) in [5.74, 6) is 0. The number of piperidine rings is 1. The summed E-state index contributed by atoms with van der Waals surface area (Å²) in [4.78, 5) is 2.59. The van der Waals surface area contributed by atoms with Crippen LogP contribution < -0.4 is 5.73 Å². The van der Waals surface area contributed by atoms with Gasteiger partial charge in [0.2, 0.25) is 0 Å². The summed E-state index contributed by atoms with van der Waals surface area (Å²) in [6.07, 6.45) is 5.06. The highest BCUT2D eigenvalue weighted by Crippen LogP contribution is 2.29. The summed E-state index contributed by atoms with van der Waals surface area (Å²) in [7, 11) is 0. The zero-order valence-electron chi connectivity index (χ0n) is 11.0. The molecular weight excluding hydrogens is 184 g/mol. The number of nitrogens with zero attached hydrogens (tertiary/aromatic N) is 1. The predicted octanol–water partition coefficient (Wildman–Crippen LogP) is 2.63. The lowest BCUT2D eigenvalue weighted by molar-refractivity contribution is 0.129. The van der Waals surface area contributed by atoms with Gasteiger partial charge in [0.15, 0.2) is 0 Å². The monoisotopic (exact) mass is 212 g/mol. The van der Waals surface area contributed by atoms with Crippen LogP contribution in [0.5, 0.6) is 0 Å². The van der Waals surface area contributed by atoms with Crippen LogP contribution >= 0.6 is 0 Å². The minimum Gasteiger partial charge on any atom is -0.326 e. The molecule has 0 spiro atoms. The fourth-order valence-corrected chi connectivity index (χ4v) is 2.14. The Morgan fingerprint density at radius 1 is 1.20 bits per heavy atom. The molecule has 1 saturated heterocycles. The molecule has 0 aromatic carbocycles. The van der Waals surface area contributed by atoms with Crippen LogP contribution in [0.15, 0.2) is 0 Å². The number of hydrogen-bond acceptors (Lipinski definition) is 2. The van der Waals surface area contributed by atoms with Gasteiger partial charge in [0, 0.05) is 5.54 Å². The van der Waals surface area contributed by atoms with Crippen LogP contribution in [0.3, 0.4) is 0 Å². The number of likely N-dealkylation sites (tertiary alicyclic amines) is 1. The zero-order chi connectivity index (χ0) is 11.5. The van der Waals surface area contributed by atoms with Crippen LogP contribution in [0.1, 0.15) is 53.4 Å². The molecule has 15 heavy (non-hydrogen) atoms. The highest BCUT2D eigenvalue weighted by molar-refractivity contribution is 4.79. The molecule has 0 radical (unpaired) electrons. The Hall–Kier alpha value is -0.0800. The topological polar surface area (TPSA) is 29.3 Å². The van der Waals surface area contributed by atoms with Crippen molar-refractivity contribution in [2.45, 2.75) is 58.9 Å².